The van der Waals surface area contributed by atoms with Crippen LogP contribution in [0.3, 0.4) is 0 Å². The van der Waals surface area contributed by atoms with Gasteiger partial charge < -0.3 is 4.74 Å². The maximum absolute atomic E-state index is 12.0. The normalized spacial score (nSPS) is 11.0. The lowest BCUT2D eigenvalue weighted by Crippen LogP contribution is -2.12. The standard InChI is InChI=1S/C17H14N2O2/c20-17(19-13-18-15-10-4-5-11-16(15)19)21-12-6-9-14-7-2-1-3-8-14/h1-11,13H,12H2. The molecule has 0 aliphatic carbocycles. The van der Waals surface area contributed by atoms with Crippen molar-refractivity contribution >= 4 is 23.2 Å². The van der Waals surface area contributed by atoms with Crippen molar-refractivity contribution in [1.82, 2.24) is 9.55 Å². The molecule has 0 unspecified atom stereocenters. The van der Waals surface area contributed by atoms with Gasteiger partial charge >= 0.3 is 6.09 Å². The number of carbonyl (C=O) groups excluding carboxylic acids is 1. The quantitative estimate of drug-likeness (QED) is 0.733. The molecular formula is C17H14N2O2. The van der Waals surface area contributed by atoms with E-state index >= 15 is 0 Å². The van der Waals surface area contributed by atoms with Gasteiger partial charge in [0.15, 0.2) is 0 Å². The van der Waals surface area contributed by atoms with E-state index in [0.717, 1.165) is 16.6 Å². The summed E-state index contributed by atoms with van der Waals surface area (Å²) >= 11 is 0. The van der Waals surface area contributed by atoms with Crippen LogP contribution in [0, 0.1) is 0 Å². The van der Waals surface area contributed by atoms with E-state index in [2.05, 4.69) is 4.98 Å². The number of fused-ring (bicyclic) bond motifs is 1. The number of para-hydroxylation sites is 2. The van der Waals surface area contributed by atoms with E-state index in [0.29, 0.717) is 0 Å². The Labute approximate surface area is 122 Å². The molecule has 1 heterocycles. The van der Waals surface area contributed by atoms with Crippen LogP contribution < -0.4 is 0 Å². The Balaban J connectivity index is 1.63. The Morgan fingerprint density at radius 2 is 1.86 bits per heavy atom. The van der Waals surface area contributed by atoms with Crippen LogP contribution in [0.1, 0.15) is 5.56 Å². The molecule has 0 atom stereocenters. The van der Waals surface area contributed by atoms with E-state index in [-0.39, 0.29) is 6.61 Å². The second-order valence-corrected chi connectivity index (χ2v) is 4.49. The molecule has 2 aromatic carbocycles. The molecular weight excluding hydrogens is 264 g/mol. The Bertz CT molecular complexity index is 776. The molecule has 4 heteroatoms. The van der Waals surface area contributed by atoms with Crippen molar-refractivity contribution in [2.75, 3.05) is 6.61 Å². The highest BCUT2D eigenvalue weighted by atomic mass is 16.5. The second kappa shape index (κ2) is 6.05. The molecule has 0 radical (unpaired) electrons. The van der Waals surface area contributed by atoms with E-state index in [1.165, 1.54) is 10.9 Å². The average molecular weight is 278 g/mol. The third-order valence-corrected chi connectivity index (χ3v) is 3.06. The highest BCUT2D eigenvalue weighted by molar-refractivity contribution is 5.86. The van der Waals surface area contributed by atoms with Crippen molar-refractivity contribution in [1.29, 1.82) is 0 Å². The summed E-state index contributed by atoms with van der Waals surface area (Å²) in [5, 5.41) is 0. The van der Waals surface area contributed by atoms with Crippen molar-refractivity contribution in [2.45, 2.75) is 0 Å². The highest BCUT2D eigenvalue weighted by Gasteiger charge is 2.09. The number of aromatic nitrogens is 2. The number of nitrogens with zero attached hydrogens (tertiary/aromatic N) is 2. The van der Waals surface area contributed by atoms with Crippen molar-refractivity contribution in [2.24, 2.45) is 0 Å². The van der Waals surface area contributed by atoms with Crippen molar-refractivity contribution in [3.8, 4) is 0 Å². The minimum atomic E-state index is -0.429. The fraction of sp³-hybridized carbons (Fsp3) is 0.0588. The van der Waals surface area contributed by atoms with Gasteiger partial charge in [-0.1, -0.05) is 48.5 Å². The monoisotopic (exact) mass is 278 g/mol. The first kappa shape index (κ1) is 13.1. The van der Waals surface area contributed by atoms with Gasteiger partial charge in [0.1, 0.15) is 12.9 Å². The smallest absolute Gasteiger partial charge is 0.420 e. The lowest BCUT2D eigenvalue weighted by molar-refractivity contribution is 0.161. The molecule has 104 valence electrons. The molecule has 0 spiro atoms. The Morgan fingerprint density at radius 1 is 1.10 bits per heavy atom. The number of benzene rings is 2. The number of imidazole rings is 1. The van der Waals surface area contributed by atoms with E-state index in [9.17, 15) is 4.79 Å². The van der Waals surface area contributed by atoms with Crippen LogP contribution in [-0.2, 0) is 4.74 Å². The van der Waals surface area contributed by atoms with E-state index < -0.39 is 6.09 Å². The third kappa shape index (κ3) is 3.00. The van der Waals surface area contributed by atoms with Crippen LogP contribution in [0.4, 0.5) is 4.79 Å². The van der Waals surface area contributed by atoms with Crippen LogP contribution in [0.2, 0.25) is 0 Å². The van der Waals surface area contributed by atoms with Crippen molar-refractivity contribution in [3.63, 3.8) is 0 Å². The fourth-order valence-electron chi connectivity index (χ4n) is 2.04. The Hall–Kier alpha value is -2.88. The highest BCUT2D eigenvalue weighted by Crippen LogP contribution is 2.12. The van der Waals surface area contributed by atoms with Gasteiger partial charge in [0.2, 0.25) is 0 Å². The lowest BCUT2D eigenvalue weighted by atomic mass is 10.2. The minimum absolute atomic E-state index is 0.222. The first-order valence-electron chi connectivity index (χ1n) is 6.65. The molecule has 0 bridgehead atoms. The molecule has 21 heavy (non-hydrogen) atoms. The van der Waals surface area contributed by atoms with Crippen molar-refractivity contribution in [3.05, 3.63) is 72.6 Å². The summed E-state index contributed by atoms with van der Waals surface area (Å²) in [5.74, 6) is 0. The van der Waals surface area contributed by atoms with E-state index in [1.807, 2.05) is 66.7 Å². The molecule has 0 saturated carbocycles. The summed E-state index contributed by atoms with van der Waals surface area (Å²) in [6.45, 7) is 0.222. The zero-order chi connectivity index (χ0) is 14.5. The van der Waals surface area contributed by atoms with Gasteiger partial charge in [0.25, 0.3) is 0 Å². The van der Waals surface area contributed by atoms with Crippen LogP contribution in [-0.4, -0.2) is 22.3 Å². The Kier molecular flexibility index (Phi) is 3.78. The lowest BCUT2D eigenvalue weighted by Gasteiger charge is -2.03. The van der Waals surface area contributed by atoms with Gasteiger partial charge in [-0.2, -0.15) is 0 Å². The zero-order valence-electron chi connectivity index (χ0n) is 11.3. The molecule has 0 saturated heterocycles. The number of hydrogen-bond donors (Lipinski definition) is 0. The Morgan fingerprint density at radius 3 is 2.71 bits per heavy atom. The molecule has 0 fully saturated rings. The van der Waals surface area contributed by atoms with Gasteiger partial charge in [0, 0.05) is 0 Å². The first-order chi connectivity index (χ1) is 10.3. The van der Waals surface area contributed by atoms with Gasteiger partial charge in [-0.15, -0.1) is 0 Å². The number of ether oxygens (including phenoxy) is 1. The maximum atomic E-state index is 12.0. The summed E-state index contributed by atoms with van der Waals surface area (Å²) < 4.78 is 6.62. The molecule has 3 aromatic rings. The van der Waals surface area contributed by atoms with Gasteiger partial charge in [-0.05, 0) is 23.8 Å². The van der Waals surface area contributed by atoms with Crippen LogP contribution >= 0.6 is 0 Å². The number of hydrogen-bond acceptors (Lipinski definition) is 3. The summed E-state index contributed by atoms with van der Waals surface area (Å²) in [7, 11) is 0. The van der Waals surface area contributed by atoms with Crippen LogP contribution in [0.15, 0.2) is 67.0 Å². The maximum Gasteiger partial charge on any atom is 0.420 e. The zero-order valence-corrected chi connectivity index (χ0v) is 11.3. The largest absolute Gasteiger partial charge is 0.445 e. The van der Waals surface area contributed by atoms with Gasteiger partial charge in [0.05, 0.1) is 11.0 Å². The van der Waals surface area contributed by atoms with Gasteiger partial charge in [-0.25, -0.2) is 14.3 Å². The molecule has 3 rings (SSSR count). The van der Waals surface area contributed by atoms with Crippen molar-refractivity contribution < 1.29 is 9.53 Å². The minimum Gasteiger partial charge on any atom is -0.445 e. The van der Waals surface area contributed by atoms with E-state index in [4.69, 9.17) is 4.74 Å². The molecule has 0 aliphatic rings. The summed E-state index contributed by atoms with van der Waals surface area (Å²) in [6.07, 6.45) is 4.78. The summed E-state index contributed by atoms with van der Waals surface area (Å²) in [4.78, 5) is 16.2. The third-order valence-electron chi connectivity index (χ3n) is 3.06. The SMILES string of the molecule is O=C(OCC=Cc1ccccc1)n1cnc2ccccc21. The van der Waals surface area contributed by atoms with Crippen LogP contribution in [0.25, 0.3) is 17.1 Å². The van der Waals surface area contributed by atoms with Crippen LogP contribution in [0.5, 0.6) is 0 Å². The molecule has 4 nitrogen and oxygen atoms in total. The molecule has 1 aromatic heterocycles. The molecule has 0 N–H and O–H groups in total. The number of rotatable bonds is 3. The predicted molar refractivity (Wildman–Crippen MR) is 82.0 cm³/mol. The van der Waals surface area contributed by atoms with E-state index in [1.54, 1.807) is 0 Å². The molecule has 0 amide bonds. The summed E-state index contributed by atoms with van der Waals surface area (Å²) in [5.41, 5.74) is 2.59. The van der Waals surface area contributed by atoms with Gasteiger partial charge in [-0.3, -0.25) is 0 Å². The fourth-order valence-corrected chi connectivity index (χ4v) is 2.04. The average Bonchev–Trinajstić information content (AvgIpc) is 2.96. The predicted octanol–water partition coefficient (Wildman–Crippen LogP) is 3.73. The topological polar surface area (TPSA) is 44.1 Å². The summed E-state index contributed by atoms with van der Waals surface area (Å²) in [6, 6.07) is 17.3. The molecule has 0 aliphatic heterocycles. The second-order valence-electron chi connectivity index (χ2n) is 4.49. The number of carbonyl (C=O) groups is 1. The first-order valence-corrected chi connectivity index (χ1v) is 6.65.